The van der Waals surface area contributed by atoms with E-state index in [4.69, 9.17) is 4.74 Å². The molecule has 0 bridgehead atoms. The van der Waals surface area contributed by atoms with E-state index in [1.54, 1.807) is 19.1 Å². The van der Waals surface area contributed by atoms with Crippen LogP contribution in [0.1, 0.15) is 19.8 Å². The second kappa shape index (κ2) is 11.9. The van der Waals surface area contributed by atoms with Crippen molar-refractivity contribution < 1.29 is 27.9 Å². The van der Waals surface area contributed by atoms with Crippen molar-refractivity contribution in [2.24, 2.45) is 5.41 Å². The van der Waals surface area contributed by atoms with Crippen LogP contribution in [0.25, 0.3) is 0 Å². The normalized spacial score (nSPS) is 19.2. The predicted molar refractivity (Wildman–Crippen MR) is 130 cm³/mol. The highest BCUT2D eigenvalue weighted by Crippen LogP contribution is 2.33. The first-order chi connectivity index (χ1) is 16.7. The molecular weight excluding hydrogens is 472 g/mol. The summed E-state index contributed by atoms with van der Waals surface area (Å²) in [6.45, 7) is 5.08. The second-order valence-electron chi connectivity index (χ2n) is 8.98. The number of aliphatic hydroxyl groups is 1. The van der Waals surface area contributed by atoms with Crippen molar-refractivity contribution in [2.45, 2.75) is 30.9 Å². The summed E-state index contributed by atoms with van der Waals surface area (Å²) in [6.07, 6.45) is -1.18. The highest BCUT2D eigenvalue weighted by Gasteiger charge is 2.45. The molecule has 0 aromatic heterocycles. The van der Waals surface area contributed by atoms with Crippen molar-refractivity contribution >= 4 is 21.7 Å². The maximum atomic E-state index is 13.3. The minimum atomic E-state index is -3.84. The number of carbonyl (C=O) groups excluding carboxylic acids is 2. The van der Waals surface area contributed by atoms with Crippen molar-refractivity contribution in [2.75, 3.05) is 58.7 Å². The first kappa shape index (κ1) is 26.9. The Kier molecular flexibility index (Phi) is 9.13. The topological polar surface area (TPSA) is 128 Å². The number of sulfone groups is 1. The van der Waals surface area contributed by atoms with Gasteiger partial charge < -0.3 is 30.3 Å². The molecule has 2 fully saturated rings. The third-order valence-corrected chi connectivity index (χ3v) is 8.42. The Labute approximate surface area is 206 Å². The highest BCUT2D eigenvalue weighted by atomic mass is 32.2. The second-order valence-corrected chi connectivity index (χ2v) is 11.0. The third-order valence-electron chi connectivity index (χ3n) is 6.50. The quantitative estimate of drug-likeness (QED) is 0.316. The molecule has 1 aromatic carbocycles. The van der Waals surface area contributed by atoms with Gasteiger partial charge in [-0.15, -0.1) is 5.92 Å². The molecule has 2 aliphatic rings. The van der Waals surface area contributed by atoms with Gasteiger partial charge in [0.1, 0.15) is 12.4 Å². The Hall–Kier alpha value is -2.65. The number of rotatable bonds is 8. The van der Waals surface area contributed by atoms with Gasteiger partial charge in [0, 0.05) is 26.2 Å². The van der Waals surface area contributed by atoms with Gasteiger partial charge in [-0.2, -0.15) is 0 Å². The van der Waals surface area contributed by atoms with Crippen LogP contribution < -0.4 is 15.4 Å². The molecule has 192 valence electrons. The Morgan fingerprint density at radius 2 is 1.80 bits per heavy atom. The average molecular weight is 507 g/mol. The largest absolute Gasteiger partial charge is 0.481 e. The number of ether oxygens (including phenoxy) is 1. The minimum Gasteiger partial charge on any atom is -0.481 e. The van der Waals surface area contributed by atoms with E-state index in [1.165, 1.54) is 17.0 Å². The summed E-state index contributed by atoms with van der Waals surface area (Å²) in [5.41, 5.74) is -1.26. The van der Waals surface area contributed by atoms with Crippen molar-refractivity contribution in [1.82, 2.24) is 20.4 Å². The number of hydrogen-bond acceptors (Lipinski definition) is 8. The molecule has 1 aromatic rings. The number of piperazine rings is 1. The van der Waals surface area contributed by atoms with Crippen molar-refractivity contribution in [3.05, 3.63) is 24.3 Å². The van der Waals surface area contributed by atoms with Crippen molar-refractivity contribution in [3.8, 4) is 17.6 Å². The summed E-state index contributed by atoms with van der Waals surface area (Å²) in [5.74, 6) is 4.34. The Morgan fingerprint density at radius 1 is 1.17 bits per heavy atom. The van der Waals surface area contributed by atoms with Gasteiger partial charge in [0.15, 0.2) is 9.84 Å². The van der Waals surface area contributed by atoms with Crippen LogP contribution in [0.4, 0.5) is 0 Å². The van der Waals surface area contributed by atoms with E-state index in [2.05, 4.69) is 27.4 Å². The van der Waals surface area contributed by atoms with Crippen LogP contribution in [0.5, 0.6) is 5.75 Å². The number of likely N-dealkylation sites (N-methyl/N-ethyl adjacent to an activating group) is 1. The number of nitrogens with zero attached hydrogens (tertiary/aromatic N) is 2. The number of piperidine rings is 1. The molecule has 10 nitrogen and oxygen atoms in total. The van der Waals surface area contributed by atoms with Crippen LogP contribution in [0, 0.1) is 17.3 Å². The lowest BCUT2D eigenvalue weighted by atomic mass is 9.80. The first-order valence-corrected chi connectivity index (χ1v) is 13.3. The standard InChI is InChI=1S/C24H34N4O6S/c1-3-4-17-34-19-5-7-20(8-6-19)35(32,33)18-24(9-11-25-12-10-24)23(31)26-21(29)22(30)28-15-13-27(2)14-16-28/h5-8,21,25,29H,9-18H2,1-2H3,(H,26,31). The molecular formula is C24H34N4O6S. The van der Waals surface area contributed by atoms with Gasteiger partial charge in [-0.25, -0.2) is 8.42 Å². The fraction of sp³-hybridized carbons (Fsp3) is 0.583. The summed E-state index contributed by atoms with van der Waals surface area (Å²) in [7, 11) is -1.90. The van der Waals surface area contributed by atoms with Crippen LogP contribution in [0.3, 0.4) is 0 Å². The number of carbonyl (C=O) groups is 2. The molecule has 35 heavy (non-hydrogen) atoms. The molecule has 0 aliphatic carbocycles. The third kappa shape index (κ3) is 6.95. The Balaban J connectivity index is 1.71. The summed E-state index contributed by atoms with van der Waals surface area (Å²) in [5, 5.41) is 16.0. The number of nitrogens with one attached hydrogen (secondary N) is 2. The van der Waals surface area contributed by atoms with E-state index in [0.29, 0.717) is 45.0 Å². The smallest absolute Gasteiger partial charge is 0.272 e. The maximum Gasteiger partial charge on any atom is 0.272 e. The SMILES string of the molecule is CC#CCOc1ccc(S(=O)(=O)CC2(C(=O)NC(O)C(=O)N3CCN(C)CC3)CCNCC2)cc1. The molecule has 0 radical (unpaired) electrons. The summed E-state index contributed by atoms with van der Waals surface area (Å²) in [6, 6.07) is 6.00. The molecule has 1 unspecified atom stereocenters. The zero-order chi connectivity index (χ0) is 25.5. The molecule has 2 aliphatic heterocycles. The molecule has 2 saturated heterocycles. The lowest BCUT2D eigenvalue weighted by Crippen LogP contribution is -2.58. The molecule has 2 amide bonds. The predicted octanol–water partition coefficient (Wildman–Crippen LogP) is -0.559. The minimum absolute atomic E-state index is 0.0752. The van der Waals surface area contributed by atoms with Gasteiger partial charge >= 0.3 is 0 Å². The van der Waals surface area contributed by atoms with E-state index in [1.807, 2.05) is 7.05 Å². The average Bonchev–Trinajstić information content (AvgIpc) is 2.85. The lowest BCUT2D eigenvalue weighted by Gasteiger charge is -2.37. The molecule has 0 spiro atoms. The number of aliphatic hydroxyl groups excluding tert-OH is 1. The number of hydrogen-bond donors (Lipinski definition) is 3. The molecule has 1 atom stereocenters. The first-order valence-electron chi connectivity index (χ1n) is 11.7. The van der Waals surface area contributed by atoms with Crippen LogP contribution >= 0.6 is 0 Å². The summed E-state index contributed by atoms with van der Waals surface area (Å²) >= 11 is 0. The molecule has 3 N–H and O–H groups in total. The highest BCUT2D eigenvalue weighted by molar-refractivity contribution is 7.91. The Morgan fingerprint density at radius 3 is 2.40 bits per heavy atom. The van der Waals surface area contributed by atoms with Crippen LogP contribution in [-0.4, -0.2) is 100 Å². The van der Waals surface area contributed by atoms with Gasteiger partial charge in [-0.1, -0.05) is 5.92 Å². The van der Waals surface area contributed by atoms with Gasteiger partial charge in [0.2, 0.25) is 12.1 Å². The van der Waals surface area contributed by atoms with E-state index in [9.17, 15) is 23.1 Å². The zero-order valence-corrected chi connectivity index (χ0v) is 21.1. The van der Waals surface area contributed by atoms with Gasteiger partial charge in [-0.05, 0) is 64.2 Å². The fourth-order valence-electron chi connectivity index (χ4n) is 4.26. The van der Waals surface area contributed by atoms with E-state index < -0.39 is 39.0 Å². The summed E-state index contributed by atoms with van der Waals surface area (Å²) < 4.78 is 32.0. The van der Waals surface area contributed by atoms with Gasteiger partial charge in [0.05, 0.1) is 16.1 Å². The van der Waals surface area contributed by atoms with Gasteiger partial charge in [-0.3, -0.25) is 9.59 Å². The summed E-state index contributed by atoms with van der Waals surface area (Å²) in [4.78, 5) is 29.6. The zero-order valence-electron chi connectivity index (χ0n) is 20.2. The van der Waals surface area contributed by atoms with Crippen LogP contribution in [0.2, 0.25) is 0 Å². The van der Waals surface area contributed by atoms with E-state index in [-0.39, 0.29) is 24.3 Å². The van der Waals surface area contributed by atoms with Gasteiger partial charge in [0.25, 0.3) is 5.91 Å². The number of amides is 2. The molecule has 2 heterocycles. The lowest BCUT2D eigenvalue weighted by molar-refractivity contribution is -0.149. The maximum absolute atomic E-state index is 13.3. The van der Waals surface area contributed by atoms with Crippen molar-refractivity contribution in [3.63, 3.8) is 0 Å². The molecule has 3 rings (SSSR count). The van der Waals surface area contributed by atoms with E-state index in [0.717, 1.165) is 0 Å². The Bertz CT molecular complexity index is 1050. The van der Waals surface area contributed by atoms with Crippen LogP contribution in [-0.2, 0) is 19.4 Å². The number of benzene rings is 1. The molecule has 0 saturated carbocycles. The van der Waals surface area contributed by atoms with Crippen LogP contribution in [0.15, 0.2) is 29.2 Å². The van der Waals surface area contributed by atoms with E-state index >= 15 is 0 Å². The monoisotopic (exact) mass is 506 g/mol. The fourth-order valence-corrected chi connectivity index (χ4v) is 6.13. The molecule has 11 heteroatoms. The van der Waals surface area contributed by atoms with Crippen molar-refractivity contribution in [1.29, 1.82) is 0 Å².